The van der Waals surface area contributed by atoms with Crippen LogP contribution in [0.5, 0.6) is 0 Å². The van der Waals surface area contributed by atoms with Crippen LogP contribution in [0.3, 0.4) is 0 Å². The molecule has 24 heavy (non-hydrogen) atoms. The Morgan fingerprint density at radius 3 is 2.75 bits per heavy atom. The van der Waals surface area contributed by atoms with Gasteiger partial charge in [0.05, 0.1) is 19.3 Å². The van der Waals surface area contributed by atoms with Gasteiger partial charge in [0.15, 0.2) is 0 Å². The second-order valence-electron chi connectivity index (χ2n) is 8.92. The van der Waals surface area contributed by atoms with Gasteiger partial charge in [-0.2, -0.15) is 0 Å². The molecule has 1 saturated carbocycles. The molecule has 3 rings (SSSR count). The van der Waals surface area contributed by atoms with Crippen LogP contribution in [0.4, 0.5) is 0 Å². The summed E-state index contributed by atoms with van der Waals surface area (Å²) in [6.07, 6.45) is 4.62. The van der Waals surface area contributed by atoms with E-state index in [1.54, 1.807) is 0 Å². The van der Waals surface area contributed by atoms with Gasteiger partial charge in [0.25, 0.3) is 0 Å². The average molecular weight is 333 g/mol. The highest BCUT2D eigenvalue weighted by atomic mass is 16.5. The molecule has 1 fully saturated rings. The standard InChI is InChI=1S/C21H33NO2/c1-16-10-20(12-21(2,3)11-16)24-15-19(23)14-22-9-8-17-6-4-5-7-18(17)13-22/h4-7,16,19-20,23H,8-15H2,1-3H3/p+1/t16-,19-,20-/m1/s1. The van der Waals surface area contributed by atoms with Gasteiger partial charge in [0.1, 0.15) is 19.2 Å². The van der Waals surface area contributed by atoms with E-state index in [-0.39, 0.29) is 6.10 Å². The third kappa shape index (κ3) is 4.81. The Morgan fingerprint density at radius 2 is 2.00 bits per heavy atom. The largest absolute Gasteiger partial charge is 0.385 e. The first-order chi connectivity index (χ1) is 11.4. The summed E-state index contributed by atoms with van der Waals surface area (Å²) >= 11 is 0. The molecule has 3 nitrogen and oxygen atoms in total. The number of aliphatic hydroxyl groups excluding tert-OH is 1. The molecule has 134 valence electrons. The van der Waals surface area contributed by atoms with Crippen molar-refractivity contribution in [1.82, 2.24) is 0 Å². The van der Waals surface area contributed by atoms with Gasteiger partial charge in [-0.1, -0.05) is 45.0 Å². The summed E-state index contributed by atoms with van der Waals surface area (Å²) in [6.45, 7) is 10.4. The second-order valence-corrected chi connectivity index (χ2v) is 8.92. The van der Waals surface area contributed by atoms with Crippen molar-refractivity contribution in [2.75, 3.05) is 19.7 Å². The van der Waals surface area contributed by atoms with Crippen molar-refractivity contribution >= 4 is 0 Å². The van der Waals surface area contributed by atoms with Crippen molar-refractivity contribution in [3.05, 3.63) is 35.4 Å². The molecule has 1 aliphatic heterocycles. The maximum Gasteiger partial charge on any atom is 0.126 e. The van der Waals surface area contributed by atoms with Crippen molar-refractivity contribution in [2.24, 2.45) is 11.3 Å². The molecule has 1 aliphatic carbocycles. The molecule has 1 unspecified atom stereocenters. The molecule has 0 aromatic heterocycles. The van der Waals surface area contributed by atoms with Crippen LogP contribution in [0.15, 0.2) is 24.3 Å². The van der Waals surface area contributed by atoms with Crippen molar-refractivity contribution < 1.29 is 14.7 Å². The summed E-state index contributed by atoms with van der Waals surface area (Å²) in [5.41, 5.74) is 3.29. The van der Waals surface area contributed by atoms with Gasteiger partial charge in [-0.15, -0.1) is 0 Å². The van der Waals surface area contributed by atoms with Crippen LogP contribution in [0, 0.1) is 11.3 Å². The van der Waals surface area contributed by atoms with Crippen molar-refractivity contribution in [1.29, 1.82) is 0 Å². The molecule has 0 radical (unpaired) electrons. The van der Waals surface area contributed by atoms with E-state index in [9.17, 15) is 5.11 Å². The molecule has 0 bridgehead atoms. The van der Waals surface area contributed by atoms with Crippen LogP contribution in [-0.4, -0.2) is 37.0 Å². The molecule has 1 aromatic carbocycles. The lowest BCUT2D eigenvalue weighted by Gasteiger charge is -2.39. The molecule has 0 spiro atoms. The summed E-state index contributed by atoms with van der Waals surface area (Å²) in [7, 11) is 0. The van der Waals surface area contributed by atoms with Gasteiger partial charge in [-0.25, -0.2) is 0 Å². The number of hydrogen-bond donors (Lipinski definition) is 2. The third-order valence-electron chi connectivity index (χ3n) is 5.70. The Bertz CT molecular complexity index is 542. The average Bonchev–Trinajstić information content (AvgIpc) is 2.51. The monoisotopic (exact) mass is 332 g/mol. The Kier molecular flexibility index (Phi) is 5.63. The van der Waals surface area contributed by atoms with E-state index in [1.807, 2.05) is 0 Å². The number of benzene rings is 1. The molecule has 3 heteroatoms. The smallest absolute Gasteiger partial charge is 0.126 e. The van der Waals surface area contributed by atoms with Crippen LogP contribution < -0.4 is 4.90 Å². The second kappa shape index (κ2) is 7.55. The van der Waals surface area contributed by atoms with E-state index in [0.29, 0.717) is 18.1 Å². The lowest BCUT2D eigenvalue weighted by atomic mass is 9.71. The molecule has 0 saturated heterocycles. The Morgan fingerprint density at radius 1 is 1.25 bits per heavy atom. The zero-order valence-corrected chi connectivity index (χ0v) is 15.6. The number of nitrogens with one attached hydrogen (secondary N) is 1. The summed E-state index contributed by atoms with van der Waals surface area (Å²) in [4.78, 5) is 1.47. The number of hydrogen-bond acceptors (Lipinski definition) is 2. The fourth-order valence-corrected chi connectivity index (χ4v) is 4.84. The lowest BCUT2D eigenvalue weighted by molar-refractivity contribution is -0.919. The first-order valence-corrected chi connectivity index (χ1v) is 9.61. The molecule has 1 aromatic rings. The molecule has 0 amide bonds. The summed E-state index contributed by atoms with van der Waals surface area (Å²) in [5.74, 6) is 0.722. The van der Waals surface area contributed by atoms with Crippen molar-refractivity contribution in [2.45, 2.75) is 65.2 Å². The van der Waals surface area contributed by atoms with E-state index >= 15 is 0 Å². The summed E-state index contributed by atoms with van der Waals surface area (Å²) < 4.78 is 6.10. The SMILES string of the molecule is C[C@@H]1C[C@@H](OC[C@H](O)C[NH+]2CCc3ccccc3C2)CC(C)(C)C1. The van der Waals surface area contributed by atoms with E-state index < -0.39 is 0 Å². The number of fused-ring (bicyclic) bond motifs is 1. The molecule has 2 aliphatic rings. The van der Waals surface area contributed by atoms with E-state index in [0.717, 1.165) is 44.8 Å². The Balaban J connectivity index is 1.44. The predicted molar refractivity (Wildman–Crippen MR) is 97.1 cm³/mol. The van der Waals surface area contributed by atoms with Gasteiger partial charge in [0.2, 0.25) is 0 Å². The maximum atomic E-state index is 10.4. The maximum absolute atomic E-state index is 10.4. The van der Waals surface area contributed by atoms with E-state index in [1.165, 1.54) is 22.4 Å². The molecule has 2 N–H and O–H groups in total. The number of rotatable bonds is 5. The fourth-order valence-electron chi connectivity index (χ4n) is 4.84. The van der Waals surface area contributed by atoms with Crippen LogP contribution in [0.2, 0.25) is 0 Å². The Labute approximate surface area is 147 Å². The van der Waals surface area contributed by atoms with Gasteiger partial charge in [0, 0.05) is 12.0 Å². The van der Waals surface area contributed by atoms with Gasteiger partial charge in [-0.05, 0) is 36.2 Å². The molecule has 1 heterocycles. The zero-order valence-electron chi connectivity index (χ0n) is 15.6. The van der Waals surface area contributed by atoms with Gasteiger partial charge in [-0.3, -0.25) is 0 Å². The molecular weight excluding hydrogens is 298 g/mol. The van der Waals surface area contributed by atoms with Crippen molar-refractivity contribution in [3.63, 3.8) is 0 Å². The Hall–Kier alpha value is -0.900. The minimum atomic E-state index is -0.356. The molecular formula is C21H34NO2+. The lowest BCUT2D eigenvalue weighted by Crippen LogP contribution is -3.13. The minimum Gasteiger partial charge on any atom is -0.385 e. The van der Waals surface area contributed by atoms with Crippen LogP contribution in [0.1, 0.15) is 51.2 Å². The highest BCUT2D eigenvalue weighted by Gasteiger charge is 2.33. The summed E-state index contributed by atoms with van der Waals surface area (Å²) in [5, 5.41) is 10.4. The fraction of sp³-hybridized carbons (Fsp3) is 0.714. The zero-order chi connectivity index (χ0) is 17.2. The number of quaternary nitrogens is 1. The first-order valence-electron chi connectivity index (χ1n) is 9.61. The summed E-state index contributed by atoms with van der Waals surface area (Å²) in [6, 6.07) is 8.70. The number of aliphatic hydroxyl groups is 1. The van der Waals surface area contributed by atoms with Gasteiger partial charge >= 0.3 is 0 Å². The van der Waals surface area contributed by atoms with Crippen LogP contribution in [0.25, 0.3) is 0 Å². The van der Waals surface area contributed by atoms with Gasteiger partial charge < -0.3 is 14.7 Å². The third-order valence-corrected chi connectivity index (χ3v) is 5.70. The minimum absolute atomic E-state index is 0.315. The van der Waals surface area contributed by atoms with Crippen LogP contribution >= 0.6 is 0 Å². The first kappa shape index (κ1) is 17.9. The topological polar surface area (TPSA) is 33.9 Å². The quantitative estimate of drug-likeness (QED) is 0.867. The van der Waals surface area contributed by atoms with E-state index in [4.69, 9.17) is 4.74 Å². The predicted octanol–water partition coefficient (Wildman–Crippen LogP) is 2.22. The van der Waals surface area contributed by atoms with E-state index in [2.05, 4.69) is 45.0 Å². The highest BCUT2D eigenvalue weighted by molar-refractivity contribution is 5.27. The normalized spacial score (nSPS) is 30.6. The molecule has 4 atom stereocenters. The van der Waals surface area contributed by atoms with Crippen LogP contribution in [-0.2, 0) is 17.7 Å². The van der Waals surface area contributed by atoms with Crippen molar-refractivity contribution in [3.8, 4) is 0 Å². The highest BCUT2D eigenvalue weighted by Crippen LogP contribution is 2.39. The number of ether oxygens (including phenoxy) is 1.